The van der Waals surface area contributed by atoms with E-state index in [0.29, 0.717) is 16.3 Å². The number of rotatable bonds is 5. The van der Waals surface area contributed by atoms with Crippen LogP contribution in [0.15, 0.2) is 64.4 Å². The molecule has 0 unspecified atom stereocenters. The SMILES string of the molecule is Cc1nn(C(=O)Cc2ccccc2)c(C)c1Sc1ccccc1[N+](=O)[O-]. The lowest BCUT2D eigenvalue weighted by molar-refractivity contribution is -0.387. The number of para-hydroxylation sites is 1. The van der Waals surface area contributed by atoms with Gasteiger partial charge in [-0.05, 0) is 25.5 Å². The maximum atomic E-state index is 12.6. The minimum absolute atomic E-state index is 0.0414. The lowest BCUT2D eigenvalue weighted by Gasteiger charge is -2.05. The Bertz CT molecular complexity index is 967. The van der Waals surface area contributed by atoms with Gasteiger partial charge in [-0.15, -0.1) is 0 Å². The van der Waals surface area contributed by atoms with E-state index < -0.39 is 4.92 Å². The number of nitro groups is 1. The Kier molecular flexibility index (Phi) is 5.18. The predicted octanol–water partition coefficient (Wildman–Crippen LogP) is 4.44. The maximum Gasteiger partial charge on any atom is 0.283 e. The molecule has 26 heavy (non-hydrogen) atoms. The number of hydrogen-bond acceptors (Lipinski definition) is 5. The third-order valence-electron chi connectivity index (χ3n) is 3.93. The van der Waals surface area contributed by atoms with Gasteiger partial charge in [-0.3, -0.25) is 14.9 Å². The number of aromatic nitrogens is 2. The molecule has 0 amide bonds. The summed E-state index contributed by atoms with van der Waals surface area (Å²) in [5.74, 6) is -0.133. The van der Waals surface area contributed by atoms with Crippen molar-refractivity contribution in [1.82, 2.24) is 9.78 Å². The van der Waals surface area contributed by atoms with Crippen LogP contribution >= 0.6 is 11.8 Å². The molecule has 1 aromatic heterocycles. The fraction of sp³-hybridized carbons (Fsp3) is 0.158. The molecule has 0 aliphatic heterocycles. The molecule has 6 nitrogen and oxygen atoms in total. The summed E-state index contributed by atoms with van der Waals surface area (Å²) in [4.78, 5) is 24.7. The molecule has 3 aromatic rings. The van der Waals surface area contributed by atoms with Crippen molar-refractivity contribution < 1.29 is 9.72 Å². The van der Waals surface area contributed by atoms with Crippen molar-refractivity contribution in [1.29, 1.82) is 0 Å². The summed E-state index contributed by atoms with van der Waals surface area (Å²) in [5.41, 5.74) is 2.32. The Morgan fingerprint density at radius 2 is 1.77 bits per heavy atom. The maximum absolute atomic E-state index is 12.6. The van der Waals surface area contributed by atoms with Crippen LogP contribution in [0.1, 0.15) is 21.7 Å². The number of aryl methyl sites for hydroxylation is 1. The molecule has 0 bridgehead atoms. The summed E-state index contributed by atoms with van der Waals surface area (Å²) in [6.45, 7) is 3.61. The molecule has 0 saturated heterocycles. The van der Waals surface area contributed by atoms with Crippen molar-refractivity contribution in [3.05, 3.63) is 81.7 Å². The van der Waals surface area contributed by atoms with Crippen molar-refractivity contribution in [3.63, 3.8) is 0 Å². The molecule has 0 fully saturated rings. The Hall–Kier alpha value is -2.93. The van der Waals surface area contributed by atoms with Crippen LogP contribution in [0.5, 0.6) is 0 Å². The summed E-state index contributed by atoms with van der Waals surface area (Å²) < 4.78 is 1.39. The standard InChI is InChI=1S/C19H17N3O3S/c1-13-19(26-17-11-7-6-10-16(17)22(24)25)14(2)21(20-13)18(23)12-15-8-4-3-5-9-15/h3-11H,12H2,1-2H3. The van der Waals surface area contributed by atoms with Crippen molar-refractivity contribution >= 4 is 23.4 Å². The van der Waals surface area contributed by atoms with Crippen LogP contribution in [0.2, 0.25) is 0 Å². The number of nitrogens with zero attached hydrogens (tertiary/aromatic N) is 3. The van der Waals surface area contributed by atoms with Gasteiger partial charge in [0, 0.05) is 6.07 Å². The van der Waals surface area contributed by atoms with Gasteiger partial charge in [-0.2, -0.15) is 5.10 Å². The Morgan fingerprint density at radius 1 is 1.12 bits per heavy atom. The molecule has 7 heteroatoms. The summed E-state index contributed by atoms with van der Waals surface area (Å²) in [6, 6.07) is 16.0. The second-order valence-corrected chi connectivity index (χ2v) is 6.85. The number of carbonyl (C=O) groups is 1. The summed E-state index contributed by atoms with van der Waals surface area (Å²) >= 11 is 1.26. The van der Waals surface area contributed by atoms with Crippen molar-refractivity contribution in [3.8, 4) is 0 Å². The minimum atomic E-state index is -0.405. The van der Waals surface area contributed by atoms with Crippen molar-refractivity contribution in [2.45, 2.75) is 30.1 Å². The van der Waals surface area contributed by atoms with Crippen molar-refractivity contribution in [2.24, 2.45) is 0 Å². The highest BCUT2D eigenvalue weighted by Crippen LogP contribution is 2.37. The van der Waals surface area contributed by atoms with Crippen LogP contribution < -0.4 is 0 Å². The number of nitro benzene ring substituents is 1. The van der Waals surface area contributed by atoms with E-state index in [9.17, 15) is 14.9 Å². The summed E-state index contributed by atoms with van der Waals surface area (Å²) in [6.07, 6.45) is 0.248. The van der Waals surface area contributed by atoms with Crippen molar-refractivity contribution in [2.75, 3.05) is 0 Å². The van der Waals surface area contributed by atoms with Gasteiger partial charge >= 0.3 is 0 Å². The minimum Gasteiger partial charge on any atom is -0.272 e. The summed E-state index contributed by atoms with van der Waals surface area (Å²) in [7, 11) is 0. The molecule has 0 spiro atoms. The molecule has 0 atom stereocenters. The molecule has 1 heterocycles. The highest BCUT2D eigenvalue weighted by Gasteiger charge is 2.21. The highest BCUT2D eigenvalue weighted by atomic mass is 32.2. The van der Waals surface area contributed by atoms with E-state index in [4.69, 9.17) is 0 Å². The van der Waals surface area contributed by atoms with E-state index in [1.165, 1.54) is 22.5 Å². The van der Waals surface area contributed by atoms with E-state index in [-0.39, 0.29) is 18.0 Å². The van der Waals surface area contributed by atoms with Gasteiger partial charge in [-0.1, -0.05) is 54.2 Å². The molecule has 0 saturated carbocycles. The molecular formula is C19H17N3O3S. The number of benzene rings is 2. The van der Waals surface area contributed by atoms with Crippen LogP contribution in [0, 0.1) is 24.0 Å². The second-order valence-electron chi connectivity index (χ2n) is 5.79. The first-order valence-corrected chi connectivity index (χ1v) is 8.83. The molecular weight excluding hydrogens is 350 g/mol. The Morgan fingerprint density at radius 3 is 2.46 bits per heavy atom. The van der Waals surface area contributed by atoms with Gasteiger partial charge in [0.25, 0.3) is 11.6 Å². The van der Waals surface area contributed by atoms with Gasteiger partial charge < -0.3 is 0 Å². The van der Waals surface area contributed by atoms with Crippen LogP contribution in [0.3, 0.4) is 0 Å². The predicted molar refractivity (Wildman–Crippen MR) is 99.7 cm³/mol. The Labute approximate surface area is 155 Å². The van der Waals surface area contributed by atoms with Crippen LogP contribution in [-0.2, 0) is 6.42 Å². The first kappa shape index (κ1) is 17.9. The largest absolute Gasteiger partial charge is 0.283 e. The number of carbonyl (C=O) groups excluding carboxylic acids is 1. The fourth-order valence-corrected chi connectivity index (χ4v) is 3.70. The third kappa shape index (κ3) is 3.67. The first-order valence-electron chi connectivity index (χ1n) is 8.02. The number of hydrogen-bond donors (Lipinski definition) is 0. The zero-order valence-electron chi connectivity index (χ0n) is 14.4. The van der Waals surface area contributed by atoms with E-state index in [1.807, 2.05) is 30.3 Å². The van der Waals surface area contributed by atoms with Gasteiger partial charge in [-0.25, -0.2) is 4.68 Å². The van der Waals surface area contributed by atoms with E-state index in [0.717, 1.165) is 10.5 Å². The molecule has 2 aromatic carbocycles. The molecule has 0 N–H and O–H groups in total. The van der Waals surface area contributed by atoms with Crippen LogP contribution in [0.4, 0.5) is 5.69 Å². The van der Waals surface area contributed by atoms with Gasteiger partial charge in [0.1, 0.15) is 0 Å². The first-order chi connectivity index (χ1) is 12.5. The zero-order chi connectivity index (χ0) is 18.7. The zero-order valence-corrected chi connectivity index (χ0v) is 15.2. The average molecular weight is 367 g/mol. The molecule has 132 valence electrons. The highest BCUT2D eigenvalue weighted by molar-refractivity contribution is 7.99. The monoisotopic (exact) mass is 367 g/mol. The van der Waals surface area contributed by atoms with Gasteiger partial charge in [0.05, 0.1) is 32.5 Å². The molecule has 0 radical (unpaired) electrons. The smallest absolute Gasteiger partial charge is 0.272 e. The quantitative estimate of drug-likeness (QED) is 0.492. The lowest BCUT2D eigenvalue weighted by Crippen LogP contribution is -2.16. The normalized spacial score (nSPS) is 10.7. The van der Waals surface area contributed by atoms with Crippen LogP contribution in [-0.4, -0.2) is 20.6 Å². The van der Waals surface area contributed by atoms with E-state index in [1.54, 1.807) is 32.0 Å². The second kappa shape index (κ2) is 7.53. The topological polar surface area (TPSA) is 78.0 Å². The third-order valence-corrected chi connectivity index (χ3v) is 5.29. The summed E-state index contributed by atoms with van der Waals surface area (Å²) in [5, 5.41) is 15.6. The molecule has 0 aliphatic carbocycles. The van der Waals surface area contributed by atoms with E-state index in [2.05, 4.69) is 5.10 Å². The van der Waals surface area contributed by atoms with Gasteiger partial charge in [0.15, 0.2) is 0 Å². The Balaban J connectivity index is 1.89. The van der Waals surface area contributed by atoms with E-state index >= 15 is 0 Å². The fourth-order valence-electron chi connectivity index (χ4n) is 2.67. The van der Waals surface area contributed by atoms with Crippen LogP contribution in [0.25, 0.3) is 0 Å². The average Bonchev–Trinajstić information content (AvgIpc) is 2.91. The lowest BCUT2D eigenvalue weighted by atomic mass is 10.1. The van der Waals surface area contributed by atoms with Gasteiger partial charge in [0.2, 0.25) is 0 Å². The molecule has 0 aliphatic rings. The molecule has 3 rings (SSSR count).